The zero-order valence-electron chi connectivity index (χ0n) is 12.1. The van der Waals surface area contributed by atoms with Crippen molar-refractivity contribution in [1.82, 2.24) is 4.98 Å². The van der Waals surface area contributed by atoms with Crippen LogP contribution >= 0.6 is 11.3 Å². The molecule has 21 heavy (non-hydrogen) atoms. The van der Waals surface area contributed by atoms with Gasteiger partial charge in [0.15, 0.2) is 10.8 Å². The first-order valence-electron chi connectivity index (χ1n) is 6.85. The van der Waals surface area contributed by atoms with Gasteiger partial charge in [-0.2, -0.15) is 0 Å². The number of benzene rings is 1. The molecular formula is C15H18N2O3S. The second-order valence-electron chi connectivity index (χ2n) is 4.26. The Kier molecular flexibility index (Phi) is 5.57. The Bertz CT molecular complexity index is 581. The van der Waals surface area contributed by atoms with Crippen LogP contribution in [0.5, 0.6) is 5.75 Å². The average molecular weight is 306 g/mol. The molecule has 0 radical (unpaired) electrons. The van der Waals surface area contributed by atoms with Crippen LogP contribution in [0.1, 0.15) is 30.8 Å². The molecule has 0 fully saturated rings. The lowest BCUT2D eigenvalue weighted by Gasteiger charge is -2.06. The van der Waals surface area contributed by atoms with Gasteiger partial charge in [0.05, 0.1) is 13.2 Å². The van der Waals surface area contributed by atoms with Gasteiger partial charge in [0.25, 0.3) is 0 Å². The van der Waals surface area contributed by atoms with Crippen molar-refractivity contribution in [1.29, 1.82) is 0 Å². The topological polar surface area (TPSA) is 60.5 Å². The third-order valence-corrected chi connectivity index (χ3v) is 3.32. The zero-order chi connectivity index (χ0) is 15.1. The number of carbonyl (C=O) groups is 1. The fourth-order valence-corrected chi connectivity index (χ4v) is 2.31. The highest BCUT2D eigenvalue weighted by atomic mass is 32.1. The summed E-state index contributed by atoms with van der Waals surface area (Å²) in [6, 6.07) is 7.63. The van der Waals surface area contributed by atoms with Gasteiger partial charge >= 0.3 is 5.97 Å². The third-order valence-electron chi connectivity index (χ3n) is 2.57. The molecule has 1 N–H and O–H groups in total. The molecule has 1 heterocycles. The standard InChI is InChI=1S/C15H18N2O3S/c1-3-9-20-12-7-5-11(6-8-12)16-15-17-13(10-21-15)14(18)19-4-2/h5-8,10H,3-4,9H2,1-2H3,(H,16,17). The Morgan fingerprint density at radius 3 is 2.71 bits per heavy atom. The summed E-state index contributed by atoms with van der Waals surface area (Å²) < 4.78 is 10.4. The Labute approximate surface area is 127 Å². The van der Waals surface area contributed by atoms with Gasteiger partial charge < -0.3 is 14.8 Å². The first kappa shape index (κ1) is 15.3. The van der Waals surface area contributed by atoms with Gasteiger partial charge in [0.2, 0.25) is 0 Å². The van der Waals surface area contributed by atoms with Crippen LogP contribution < -0.4 is 10.1 Å². The minimum Gasteiger partial charge on any atom is -0.494 e. The summed E-state index contributed by atoms with van der Waals surface area (Å²) in [4.78, 5) is 15.7. The van der Waals surface area contributed by atoms with Crippen molar-refractivity contribution in [2.45, 2.75) is 20.3 Å². The quantitative estimate of drug-likeness (QED) is 0.787. The summed E-state index contributed by atoms with van der Waals surface area (Å²) >= 11 is 1.36. The third kappa shape index (κ3) is 4.46. The number of hydrogen-bond donors (Lipinski definition) is 1. The molecule has 0 spiro atoms. The first-order valence-corrected chi connectivity index (χ1v) is 7.73. The van der Waals surface area contributed by atoms with Crippen LogP contribution in [-0.4, -0.2) is 24.2 Å². The monoisotopic (exact) mass is 306 g/mol. The second-order valence-corrected chi connectivity index (χ2v) is 5.11. The number of esters is 1. The zero-order valence-corrected chi connectivity index (χ0v) is 12.9. The van der Waals surface area contributed by atoms with E-state index in [1.54, 1.807) is 12.3 Å². The summed E-state index contributed by atoms with van der Waals surface area (Å²) in [5.74, 6) is 0.443. The first-order chi connectivity index (χ1) is 10.2. The number of thiazole rings is 1. The summed E-state index contributed by atoms with van der Waals surface area (Å²) in [6.45, 7) is 4.89. The molecule has 0 aliphatic carbocycles. The van der Waals surface area contributed by atoms with Crippen LogP contribution in [0.25, 0.3) is 0 Å². The molecule has 0 saturated heterocycles. The molecule has 2 aromatic rings. The van der Waals surface area contributed by atoms with E-state index in [-0.39, 0.29) is 0 Å². The van der Waals surface area contributed by atoms with Gasteiger partial charge in [-0.15, -0.1) is 11.3 Å². The molecule has 0 aliphatic rings. The predicted octanol–water partition coefficient (Wildman–Crippen LogP) is 3.85. The number of carbonyl (C=O) groups excluding carboxylic acids is 1. The van der Waals surface area contributed by atoms with Gasteiger partial charge in [-0.1, -0.05) is 6.92 Å². The molecule has 0 unspecified atom stereocenters. The maximum atomic E-state index is 11.5. The van der Waals surface area contributed by atoms with Crippen LogP contribution in [0.15, 0.2) is 29.6 Å². The van der Waals surface area contributed by atoms with Crippen molar-refractivity contribution in [2.24, 2.45) is 0 Å². The highest BCUT2D eigenvalue weighted by Crippen LogP contribution is 2.23. The number of nitrogens with zero attached hydrogens (tertiary/aromatic N) is 1. The van der Waals surface area contributed by atoms with E-state index >= 15 is 0 Å². The molecule has 112 valence electrons. The Balaban J connectivity index is 1.96. The van der Waals surface area contributed by atoms with Gasteiger partial charge in [0, 0.05) is 11.1 Å². The predicted molar refractivity (Wildman–Crippen MR) is 83.6 cm³/mol. The fraction of sp³-hybridized carbons (Fsp3) is 0.333. The molecule has 1 aromatic heterocycles. The highest BCUT2D eigenvalue weighted by molar-refractivity contribution is 7.14. The van der Waals surface area contributed by atoms with E-state index in [0.717, 1.165) is 17.9 Å². The van der Waals surface area contributed by atoms with E-state index < -0.39 is 5.97 Å². The molecule has 2 rings (SSSR count). The maximum Gasteiger partial charge on any atom is 0.357 e. The minimum absolute atomic E-state index is 0.326. The summed E-state index contributed by atoms with van der Waals surface area (Å²) in [5.41, 5.74) is 1.22. The van der Waals surface area contributed by atoms with E-state index in [4.69, 9.17) is 9.47 Å². The average Bonchev–Trinajstić information content (AvgIpc) is 2.95. The maximum absolute atomic E-state index is 11.5. The normalized spacial score (nSPS) is 10.2. The lowest BCUT2D eigenvalue weighted by atomic mass is 10.3. The lowest BCUT2D eigenvalue weighted by molar-refractivity contribution is 0.0520. The van der Waals surface area contributed by atoms with Gasteiger partial charge in [-0.25, -0.2) is 9.78 Å². The van der Waals surface area contributed by atoms with Crippen molar-refractivity contribution in [3.05, 3.63) is 35.3 Å². The number of hydrogen-bond acceptors (Lipinski definition) is 6. The molecule has 0 saturated carbocycles. The SMILES string of the molecule is CCCOc1ccc(Nc2nc(C(=O)OCC)cs2)cc1. The summed E-state index contributed by atoms with van der Waals surface area (Å²) in [7, 11) is 0. The molecule has 0 aliphatic heterocycles. The molecule has 5 nitrogen and oxygen atoms in total. The summed E-state index contributed by atoms with van der Waals surface area (Å²) in [5, 5.41) is 5.48. The van der Waals surface area contributed by atoms with Crippen molar-refractivity contribution < 1.29 is 14.3 Å². The largest absolute Gasteiger partial charge is 0.494 e. The van der Waals surface area contributed by atoms with Crippen LogP contribution in [0.3, 0.4) is 0 Å². The van der Waals surface area contributed by atoms with Gasteiger partial charge in [0.1, 0.15) is 5.75 Å². The van der Waals surface area contributed by atoms with Crippen molar-refractivity contribution >= 4 is 28.1 Å². The van der Waals surface area contributed by atoms with E-state index in [1.165, 1.54) is 11.3 Å². The molecular weight excluding hydrogens is 288 g/mol. The van der Waals surface area contributed by atoms with E-state index in [2.05, 4.69) is 17.2 Å². The number of rotatable bonds is 7. The second kappa shape index (κ2) is 7.64. The molecule has 0 amide bonds. The van der Waals surface area contributed by atoms with E-state index in [1.807, 2.05) is 24.3 Å². The number of anilines is 2. The van der Waals surface area contributed by atoms with E-state index in [9.17, 15) is 4.79 Å². The molecule has 1 aromatic carbocycles. The van der Waals surface area contributed by atoms with E-state index in [0.29, 0.717) is 24.0 Å². The molecule has 0 bridgehead atoms. The van der Waals surface area contributed by atoms with Crippen molar-refractivity contribution in [3.8, 4) is 5.75 Å². The Morgan fingerprint density at radius 2 is 2.05 bits per heavy atom. The van der Waals surface area contributed by atoms with Crippen LogP contribution in [-0.2, 0) is 4.74 Å². The highest BCUT2D eigenvalue weighted by Gasteiger charge is 2.11. The van der Waals surface area contributed by atoms with Crippen LogP contribution in [0, 0.1) is 0 Å². The Morgan fingerprint density at radius 1 is 1.29 bits per heavy atom. The molecule has 6 heteroatoms. The fourth-order valence-electron chi connectivity index (χ4n) is 1.61. The van der Waals surface area contributed by atoms with Crippen LogP contribution in [0.4, 0.5) is 10.8 Å². The molecule has 0 atom stereocenters. The number of aromatic nitrogens is 1. The number of nitrogens with one attached hydrogen (secondary N) is 1. The Hall–Kier alpha value is -2.08. The van der Waals surface area contributed by atoms with Crippen LogP contribution in [0.2, 0.25) is 0 Å². The van der Waals surface area contributed by atoms with Gasteiger partial charge in [-0.05, 0) is 37.6 Å². The minimum atomic E-state index is -0.398. The lowest BCUT2D eigenvalue weighted by Crippen LogP contribution is -2.04. The van der Waals surface area contributed by atoms with Gasteiger partial charge in [-0.3, -0.25) is 0 Å². The van der Waals surface area contributed by atoms with Crippen molar-refractivity contribution in [3.63, 3.8) is 0 Å². The summed E-state index contributed by atoms with van der Waals surface area (Å²) in [6.07, 6.45) is 0.982. The van der Waals surface area contributed by atoms with Crippen molar-refractivity contribution in [2.75, 3.05) is 18.5 Å². The smallest absolute Gasteiger partial charge is 0.357 e. The number of ether oxygens (including phenoxy) is 2.